The number of carbonyl (C=O) groups excluding carboxylic acids is 2. The topological polar surface area (TPSA) is 69.9 Å². The highest BCUT2D eigenvalue weighted by molar-refractivity contribution is 5.93. The molecule has 1 aromatic rings. The maximum absolute atomic E-state index is 12.6. The molecule has 1 fully saturated rings. The summed E-state index contributed by atoms with van der Waals surface area (Å²) >= 11 is 0. The van der Waals surface area contributed by atoms with Crippen molar-refractivity contribution in [3.05, 3.63) is 17.0 Å². The van der Waals surface area contributed by atoms with Crippen LogP contribution in [0.1, 0.15) is 47.5 Å². The Morgan fingerprint density at radius 1 is 1.32 bits per heavy atom. The smallest absolute Gasteiger partial charge is 0.275 e. The maximum atomic E-state index is 12.6. The van der Waals surface area contributed by atoms with Crippen LogP contribution in [0.25, 0.3) is 0 Å². The molecule has 0 aliphatic carbocycles. The minimum absolute atomic E-state index is 0.170. The van der Waals surface area contributed by atoms with E-state index in [9.17, 15) is 9.59 Å². The van der Waals surface area contributed by atoms with Crippen molar-refractivity contribution in [2.45, 2.75) is 38.6 Å². The minimum Gasteiger partial charge on any atom is -0.360 e. The number of piperidine rings is 1. The van der Waals surface area contributed by atoms with Gasteiger partial charge >= 0.3 is 0 Å². The zero-order chi connectivity index (χ0) is 18.0. The van der Waals surface area contributed by atoms with Gasteiger partial charge in [-0.3, -0.25) is 9.59 Å². The number of amides is 2. The van der Waals surface area contributed by atoms with Crippen molar-refractivity contribution in [1.29, 1.82) is 0 Å². The fraction of sp³-hybridized carbons (Fsp3) is 0.722. The minimum atomic E-state index is -0.176. The summed E-state index contributed by atoms with van der Waals surface area (Å²) in [6.07, 6.45) is 4.59. The fourth-order valence-electron chi connectivity index (χ4n) is 3.80. The zero-order valence-corrected chi connectivity index (χ0v) is 15.5. The molecule has 7 heteroatoms. The molecule has 2 amide bonds. The Labute approximate surface area is 148 Å². The fourth-order valence-corrected chi connectivity index (χ4v) is 3.80. The zero-order valence-electron chi connectivity index (χ0n) is 15.5. The van der Waals surface area contributed by atoms with E-state index in [0.29, 0.717) is 37.5 Å². The van der Waals surface area contributed by atoms with E-state index in [1.165, 1.54) is 17.7 Å². The summed E-state index contributed by atoms with van der Waals surface area (Å²) in [5.74, 6) is 1.35. The molecule has 0 saturated carbocycles. The van der Waals surface area contributed by atoms with Crippen molar-refractivity contribution < 1.29 is 14.1 Å². The second kappa shape index (κ2) is 7.56. The Balaban J connectivity index is 1.59. The molecule has 1 atom stereocenters. The molecule has 0 radical (unpaired) electrons. The molecule has 0 bridgehead atoms. The van der Waals surface area contributed by atoms with Crippen LogP contribution in [0.5, 0.6) is 0 Å². The van der Waals surface area contributed by atoms with Crippen molar-refractivity contribution in [2.24, 2.45) is 5.92 Å². The Bertz CT molecular complexity index is 640. The number of aromatic nitrogens is 1. The molecule has 3 rings (SSSR count). The predicted molar refractivity (Wildman–Crippen MR) is 93.1 cm³/mol. The Hall–Kier alpha value is -1.89. The molecule has 7 nitrogen and oxygen atoms in total. The van der Waals surface area contributed by atoms with Crippen molar-refractivity contribution in [1.82, 2.24) is 19.9 Å². The van der Waals surface area contributed by atoms with E-state index < -0.39 is 0 Å². The van der Waals surface area contributed by atoms with E-state index in [0.717, 1.165) is 30.8 Å². The van der Waals surface area contributed by atoms with Crippen LogP contribution in [0.4, 0.5) is 0 Å². The quantitative estimate of drug-likeness (QED) is 0.822. The molecule has 0 unspecified atom stereocenters. The van der Waals surface area contributed by atoms with E-state index in [2.05, 4.69) is 17.1 Å². The molecule has 0 aromatic carbocycles. The summed E-state index contributed by atoms with van der Waals surface area (Å²) in [5.41, 5.74) is 1.11. The van der Waals surface area contributed by atoms with Crippen LogP contribution in [-0.2, 0) is 17.8 Å². The lowest BCUT2D eigenvalue weighted by Gasteiger charge is -2.31. The van der Waals surface area contributed by atoms with Crippen LogP contribution in [-0.4, -0.2) is 72.4 Å². The lowest BCUT2D eigenvalue weighted by molar-refractivity contribution is -0.132. The summed E-state index contributed by atoms with van der Waals surface area (Å²) in [5, 5.41) is 3.93. The number of likely N-dealkylation sites (tertiary alicyclic amines) is 1. The van der Waals surface area contributed by atoms with Crippen LogP contribution >= 0.6 is 0 Å². The van der Waals surface area contributed by atoms with Crippen molar-refractivity contribution >= 4 is 11.8 Å². The molecule has 0 N–H and O–H groups in total. The van der Waals surface area contributed by atoms with Gasteiger partial charge in [-0.1, -0.05) is 5.16 Å². The second-order valence-electron chi connectivity index (χ2n) is 7.51. The van der Waals surface area contributed by atoms with Gasteiger partial charge in [-0.25, -0.2) is 0 Å². The van der Waals surface area contributed by atoms with Gasteiger partial charge in [-0.2, -0.15) is 0 Å². The number of hydrogen-bond donors (Lipinski definition) is 0. The van der Waals surface area contributed by atoms with Crippen LogP contribution in [0.15, 0.2) is 4.52 Å². The van der Waals surface area contributed by atoms with E-state index in [1.54, 1.807) is 14.1 Å². The van der Waals surface area contributed by atoms with E-state index >= 15 is 0 Å². The third kappa shape index (κ3) is 4.03. The molecular formula is C18H28N4O3. The lowest BCUT2D eigenvalue weighted by atomic mass is 9.93. The van der Waals surface area contributed by atoms with Gasteiger partial charge in [0.05, 0.1) is 6.54 Å². The Kier molecular flexibility index (Phi) is 5.42. The van der Waals surface area contributed by atoms with E-state index in [4.69, 9.17) is 4.52 Å². The Morgan fingerprint density at radius 3 is 2.84 bits per heavy atom. The first-order chi connectivity index (χ1) is 12.0. The predicted octanol–water partition coefficient (Wildman–Crippen LogP) is 1.38. The molecule has 2 aliphatic heterocycles. The second-order valence-corrected chi connectivity index (χ2v) is 7.51. The van der Waals surface area contributed by atoms with Gasteiger partial charge in [0.25, 0.3) is 5.91 Å². The molecule has 25 heavy (non-hydrogen) atoms. The van der Waals surface area contributed by atoms with Gasteiger partial charge in [0.1, 0.15) is 5.76 Å². The standard InChI is InChI=1S/C18H28N4O3/c1-20(2)18(24)17-14-12-22(10-8-15(14)25-19-17)16(23)7-6-13-5-4-9-21(3)11-13/h13H,4-12H2,1-3H3/t13-/m1/s1. The first kappa shape index (κ1) is 17.9. The highest BCUT2D eigenvalue weighted by Crippen LogP contribution is 2.25. The number of hydrogen-bond acceptors (Lipinski definition) is 5. The van der Waals surface area contributed by atoms with Crippen molar-refractivity contribution in [3.63, 3.8) is 0 Å². The molecule has 1 saturated heterocycles. The van der Waals surface area contributed by atoms with Gasteiger partial charge in [-0.05, 0) is 38.8 Å². The van der Waals surface area contributed by atoms with Crippen LogP contribution < -0.4 is 0 Å². The van der Waals surface area contributed by atoms with Gasteiger partial charge < -0.3 is 19.2 Å². The van der Waals surface area contributed by atoms with Crippen LogP contribution in [0.2, 0.25) is 0 Å². The SMILES string of the molecule is CN1CCC[C@H](CCC(=O)N2CCc3onc(C(=O)N(C)C)c3C2)C1. The molecular weight excluding hydrogens is 320 g/mol. The lowest BCUT2D eigenvalue weighted by Crippen LogP contribution is -2.37. The third-order valence-electron chi connectivity index (χ3n) is 5.28. The highest BCUT2D eigenvalue weighted by atomic mass is 16.5. The summed E-state index contributed by atoms with van der Waals surface area (Å²) < 4.78 is 5.31. The average molecular weight is 348 g/mol. The largest absolute Gasteiger partial charge is 0.360 e. The van der Waals surface area contributed by atoms with E-state index in [-0.39, 0.29) is 11.8 Å². The number of rotatable bonds is 4. The number of fused-ring (bicyclic) bond motifs is 1. The van der Waals surface area contributed by atoms with Gasteiger partial charge in [0, 0.05) is 45.6 Å². The first-order valence-electron chi connectivity index (χ1n) is 9.11. The first-order valence-corrected chi connectivity index (χ1v) is 9.11. The molecule has 1 aromatic heterocycles. The summed E-state index contributed by atoms with van der Waals surface area (Å²) in [6.45, 7) is 3.32. The number of carbonyl (C=O) groups is 2. The van der Waals surface area contributed by atoms with E-state index in [1.807, 2.05) is 4.90 Å². The normalized spacial score (nSPS) is 21.1. The number of nitrogens with zero attached hydrogens (tertiary/aromatic N) is 4. The van der Waals surface area contributed by atoms with Gasteiger partial charge in [-0.15, -0.1) is 0 Å². The van der Waals surface area contributed by atoms with Crippen molar-refractivity contribution in [3.8, 4) is 0 Å². The maximum Gasteiger partial charge on any atom is 0.275 e. The van der Waals surface area contributed by atoms with Crippen LogP contribution in [0.3, 0.4) is 0 Å². The van der Waals surface area contributed by atoms with Gasteiger partial charge in [0.15, 0.2) is 5.69 Å². The summed E-state index contributed by atoms with van der Waals surface area (Å²) in [7, 11) is 5.53. The highest BCUT2D eigenvalue weighted by Gasteiger charge is 2.30. The molecule has 0 spiro atoms. The monoisotopic (exact) mass is 348 g/mol. The van der Waals surface area contributed by atoms with Crippen molar-refractivity contribution in [2.75, 3.05) is 40.8 Å². The molecule has 138 valence electrons. The van der Waals surface area contributed by atoms with Crippen LogP contribution in [0, 0.1) is 5.92 Å². The summed E-state index contributed by atoms with van der Waals surface area (Å²) in [4.78, 5) is 30.5. The Morgan fingerprint density at radius 2 is 2.12 bits per heavy atom. The summed E-state index contributed by atoms with van der Waals surface area (Å²) in [6, 6.07) is 0. The molecule has 2 aliphatic rings. The third-order valence-corrected chi connectivity index (χ3v) is 5.28. The molecule has 3 heterocycles. The van der Waals surface area contributed by atoms with Gasteiger partial charge in [0.2, 0.25) is 5.91 Å². The average Bonchev–Trinajstić information content (AvgIpc) is 3.02.